The van der Waals surface area contributed by atoms with Crippen LogP contribution in [0.3, 0.4) is 0 Å². The average molecular weight is 328 g/mol. The lowest BCUT2D eigenvalue weighted by atomic mass is 9.89. The van der Waals surface area contributed by atoms with Crippen LogP contribution in [0.5, 0.6) is 0 Å². The van der Waals surface area contributed by atoms with Gasteiger partial charge in [-0.1, -0.05) is 60.1 Å². The van der Waals surface area contributed by atoms with Crippen molar-refractivity contribution in [2.75, 3.05) is 11.9 Å². The van der Waals surface area contributed by atoms with Crippen molar-refractivity contribution >= 4 is 27.8 Å². The van der Waals surface area contributed by atoms with Gasteiger partial charge in [0.05, 0.1) is 5.33 Å². The predicted octanol–water partition coefficient (Wildman–Crippen LogP) is 2.90. The Labute approximate surface area is 121 Å². The van der Waals surface area contributed by atoms with Crippen molar-refractivity contribution < 1.29 is 14.3 Å². The zero-order valence-corrected chi connectivity index (χ0v) is 12.7. The molecule has 1 rings (SSSR count). The van der Waals surface area contributed by atoms with E-state index in [1.54, 1.807) is 13.8 Å². The summed E-state index contributed by atoms with van der Waals surface area (Å²) in [7, 11) is 0. The monoisotopic (exact) mass is 327 g/mol. The molecule has 0 atom stereocenters. The first-order chi connectivity index (χ1) is 8.95. The van der Waals surface area contributed by atoms with Gasteiger partial charge in [0.15, 0.2) is 5.78 Å². The van der Waals surface area contributed by atoms with Crippen LogP contribution in [-0.2, 0) is 16.1 Å². The van der Waals surface area contributed by atoms with Crippen LogP contribution in [0.4, 0.5) is 4.79 Å². The Morgan fingerprint density at radius 3 is 2.47 bits per heavy atom. The van der Waals surface area contributed by atoms with Gasteiger partial charge in [0.1, 0.15) is 6.61 Å². The maximum Gasteiger partial charge on any atom is 0.407 e. The number of amides is 1. The summed E-state index contributed by atoms with van der Waals surface area (Å²) >= 11 is 3.13. The summed E-state index contributed by atoms with van der Waals surface area (Å²) in [4.78, 5) is 23.1. The van der Waals surface area contributed by atoms with Gasteiger partial charge in [0, 0.05) is 12.0 Å². The van der Waals surface area contributed by atoms with E-state index in [0.717, 1.165) is 5.56 Å². The highest BCUT2D eigenvalue weighted by Crippen LogP contribution is 2.16. The second kappa shape index (κ2) is 7.28. The molecule has 0 saturated carbocycles. The van der Waals surface area contributed by atoms with Gasteiger partial charge in [-0.25, -0.2) is 4.79 Å². The molecular weight excluding hydrogens is 310 g/mol. The van der Waals surface area contributed by atoms with Crippen molar-refractivity contribution in [1.82, 2.24) is 5.32 Å². The van der Waals surface area contributed by atoms with E-state index in [0.29, 0.717) is 0 Å². The largest absolute Gasteiger partial charge is 0.445 e. The molecule has 0 aromatic heterocycles. The van der Waals surface area contributed by atoms with Gasteiger partial charge in [0.2, 0.25) is 0 Å². The molecular formula is C14H18BrNO3. The fourth-order valence-corrected chi connectivity index (χ4v) is 2.11. The SMILES string of the molecule is CC(C)(CNC(=O)OCc1ccccc1)C(=O)CBr. The Morgan fingerprint density at radius 1 is 1.26 bits per heavy atom. The van der Waals surface area contributed by atoms with Crippen molar-refractivity contribution in [3.63, 3.8) is 0 Å². The fraction of sp³-hybridized carbons (Fsp3) is 0.429. The standard InChI is InChI=1S/C14H18BrNO3/c1-14(2,12(17)8-15)10-16-13(18)19-9-11-6-4-3-5-7-11/h3-7H,8-10H2,1-2H3,(H,16,18). The van der Waals surface area contributed by atoms with Gasteiger partial charge >= 0.3 is 6.09 Å². The molecule has 1 amide bonds. The Kier molecular flexibility index (Phi) is 6.02. The number of halogens is 1. The van der Waals surface area contributed by atoms with Gasteiger partial charge in [-0.05, 0) is 5.56 Å². The first-order valence-corrected chi connectivity index (χ1v) is 7.11. The number of alkyl halides is 1. The number of alkyl carbamates (subject to hydrolysis) is 1. The molecule has 0 spiro atoms. The summed E-state index contributed by atoms with van der Waals surface area (Å²) < 4.78 is 5.06. The highest BCUT2D eigenvalue weighted by molar-refractivity contribution is 9.09. The van der Waals surface area contributed by atoms with Crippen LogP contribution >= 0.6 is 15.9 Å². The molecule has 0 unspecified atom stereocenters. The zero-order valence-electron chi connectivity index (χ0n) is 11.1. The summed E-state index contributed by atoms with van der Waals surface area (Å²) in [5.41, 5.74) is 0.323. The van der Waals surface area contributed by atoms with Crippen molar-refractivity contribution in [2.45, 2.75) is 20.5 Å². The van der Waals surface area contributed by atoms with Gasteiger partial charge in [-0.3, -0.25) is 4.79 Å². The Bertz CT molecular complexity index is 432. The van der Waals surface area contributed by atoms with E-state index in [9.17, 15) is 9.59 Å². The topological polar surface area (TPSA) is 55.4 Å². The van der Waals surface area contributed by atoms with Crippen LogP contribution in [0.15, 0.2) is 30.3 Å². The van der Waals surface area contributed by atoms with E-state index in [2.05, 4.69) is 21.2 Å². The number of ether oxygens (including phenoxy) is 1. The minimum Gasteiger partial charge on any atom is -0.445 e. The van der Waals surface area contributed by atoms with E-state index in [-0.39, 0.29) is 24.3 Å². The summed E-state index contributed by atoms with van der Waals surface area (Å²) in [5, 5.41) is 2.88. The maximum absolute atomic E-state index is 11.6. The molecule has 0 saturated heterocycles. The molecule has 0 radical (unpaired) electrons. The van der Waals surface area contributed by atoms with Crippen LogP contribution in [0.25, 0.3) is 0 Å². The minimum atomic E-state index is -0.602. The van der Waals surface area contributed by atoms with Crippen LogP contribution in [0.2, 0.25) is 0 Å². The second-order valence-electron chi connectivity index (χ2n) is 4.86. The molecule has 19 heavy (non-hydrogen) atoms. The molecule has 0 fully saturated rings. The van der Waals surface area contributed by atoms with E-state index < -0.39 is 11.5 Å². The lowest BCUT2D eigenvalue weighted by molar-refractivity contribution is -0.124. The van der Waals surface area contributed by atoms with Crippen molar-refractivity contribution in [3.8, 4) is 0 Å². The lowest BCUT2D eigenvalue weighted by Crippen LogP contribution is -2.39. The van der Waals surface area contributed by atoms with E-state index in [1.165, 1.54) is 0 Å². The van der Waals surface area contributed by atoms with Gasteiger partial charge in [-0.2, -0.15) is 0 Å². The van der Waals surface area contributed by atoms with Crippen LogP contribution < -0.4 is 5.32 Å². The summed E-state index contributed by atoms with van der Waals surface area (Å²) in [6, 6.07) is 9.43. The molecule has 0 aliphatic heterocycles. The number of hydrogen-bond donors (Lipinski definition) is 1. The number of hydrogen-bond acceptors (Lipinski definition) is 3. The van der Waals surface area contributed by atoms with Crippen molar-refractivity contribution in [2.24, 2.45) is 5.41 Å². The number of carbonyl (C=O) groups is 2. The van der Waals surface area contributed by atoms with Crippen molar-refractivity contribution in [3.05, 3.63) is 35.9 Å². The molecule has 1 N–H and O–H groups in total. The summed E-state index contributed by atoms with van der Waals surface area (Å²) in [6.07, 6.45) is -0.515. The Morgan fingerprint density at radius 2 is 1.89 bits per heavy atom. The molecule has 0 heterocycles. The molecule has 104 valence electrons. The highest BCUT2D eigenvalue weighted by Gasteiger charge is 2.26. The highest BCUT2D eigenvalue weighted by atomic mass is 79.9. The molecule has 5 heteroatoms. The van der Waals surface area contributed by atoms with Gasteiger partial charge < -0.3 is 10.1 Å². The lowest BCUT2D eigenvalue weighted by Gasteiger charge is -2.22. The second-order valence-corrected chi connectivity index (χ2v) is 5.42. The number of Topliss-reactive ketones (excluding diaryl/α,β-unsaturated/α-hetero) is 1. The molecule has 0 bridgehead atoms. The fourth-order valence-electron chi connectivity index (χ4n) is 1.35. The first-order valence-electron chi connectivity index (χ1n) is 5.99. The van der Waals surface area contributed by atoms with E-state index >= 15 is 0 Å². The maximum atomic E-state index is 11.6. The third-order valence-corrected chi connectivity index (χ3v) is 3.27. The molecule has 1 aromatic carbocycles. The Balaban J connectivity index is 2.34. The molecule has 4 nitrogen and oxygen atoms in total. The number of nitrogens with one attached hydrogen (secondary N) is 1. The number of rotatable bonds is 6. The zero-order chi connectivity index (χ0) is 14.3. The number of carbonyl (C=O) groups excluding carboxylic acids is 2. The third kappa shape index (κ3) is 5.42. The summed E-state index contributed by atoms with van der Waals surface area (Å²) in [6.45, 7) is 4.05. The molecule has 0 aliphatic carbocycles. The third-order valence-electron chi connectivity index (χ3n) is 2.76. The van der Waals surface area contributed by atoms with E-state index in [4.69, 9.17) is 4.74 Å². The normalized spacial score (nSPS) is 10.9. The number of ketones is 1. The Hall–Kier alpha value is -1.36. The molecule has 1 aromatic rings. The van der Waals surface area contributed by atoms with Crippen LogP contribution in [0.1, 0.15) is 19.4 Å². The van der Waals surface area contributed by atoms with Gasteiger partial charge in [-0.15, -0.1) is 0 Å². The van der Waals surface area contributed by atoms with Crippen LogP contribution in [0, 0.1) is 5.41 Å². The predicted molar refractivity (Wildman–Crippen MR) is 77.2 cm³/mol. The van der Waals surface area contributed by atoms with E-state index in [1.807, 2.05) is 30.3 Å². The smallest absolute Gasteiger partial charge is 0.407 e. The average Bonchev–Trinajstić information content (AvgIpc) is 2.43. The van der Waals surface area contributed by atoms with Crippen molar-refractivity contribution in [1.29, 1.82) is 0 Å². The summed E-state index contributed by atoms with van der Waals surface area (Å²) in [5.74, 6) is 0.0378. The quantitative estimate of drug-likeness (QED) is 0.817. The molecule has 0 aliphatic rings. The van der Waals surface area contributed by atoms with Gasteiger partial charge in [0.25, 0.3) is 0 Å². The first kappa shape index (κ1) is 15.7. The minimum absolute atomic E-state index is 0.0378. The van der Waals surface area contributed by atoms with Crippen LogP contribution in [-0.4, -0.2) is 23.8 Å². The number of benzene rings is 1.